The lowest BCUT2D eigenvalue weighted by Gasteiger charge is -1.87. The van der Waals surface area contributed by atoms with Crippen molar-refractivity contribution in [2.75, 3.05) is 0 Å². The Bertz CT molecular complexity index is 240. The summed E-state index contributed by atoms with van der Waals surface area (Å²) < 4.78 is 5.76. The van der Waals surface area contributed by atoms with Gasteiger partial charge in [-0.2, -0.15) is 0 Å². The standard InChI is InChI=1S/C7H7BrO2/c1-5(9)4-6-2-3-7(8)10-6/h2-3H,4H2,1H3. The lowest BCUT2D eigenvalue weighted by Crippen LogP contribution is -1.93. The Morgan fingerprint density at radius 3 is 2.80 bits per heavy atom. The molecule has 0 saturated heterocycles. The molecular formula is C7H7BrO2. The monoisotopic (exact) mass is 202 g/mol. The first-order valence-corrected chi connectivity index (χ1v) is 3.71. The second kappa shape index (κ2) is 3.01. The van der Waals surface area contributed by atoms with Crippen molar-refractivity contribution in [3.05, 3.63) is 22.6 Å². The molecule has 2 nitrogen and oxygen atoms in total. The van der Waals surface area contributed by atoms with E-state index < -0.39 is 0 Å². The number of furan rings is 1. The van der Waals surface area contributed by atoms with Gasteiger partial charge in [-0.3, -0.25) is 4.79 Å². The van der Waals surface area contributed by atoms with Crippen LogP contribution in [-0.4, -0.2) is 5.78 Å². The molecule has 10 heavy (non-hydrogen) atoms. The fourth-order valence-electron chi connectivity index (χ4n) is 0.692. The van der Waals surface area contributed by atoms with Gasteiger partial charge in [0.05, 0.1) is 6.42 Å². The summed E-state index contributed by atoms with van der Waals surface area (Å²) in [6, 6.07) is 3.56. The second-order valence-electron chi connectivity index (χ2n) is 2.08. The first-order valence-electron chi connectivity index (χ1n) is 2.92. The number of carbonyl (C=O) groups is 1. The molecule has 1 heterocycles. The number of hydrogen-bond donors (Lipinski definition) is 0. The van der Waals surface area contributed by atoms with Crippen LogP contribution in [0.15, 0.2) is 21.2 Å². The van der Waals surface area contributed by atoms with E-state index in [2.05, 4.69) is 15.9 Å². The molecule has 0 atom stereocenters. The number of Topliss-reactive ketones (excluding diaryl/α,β-unsaturated/α-hetero) is 1. The maximum absolute atomic E-state index is 10.5. The maximum atomic E-state index is 10.5. The van der Waals surface area contributed by atoms with Crippen LogP contribution in [0.3, 0.4) is 0 Å². The third-order valence-electron chi connectivity index (χ3n) is 1.05. The van der Waals surface area contributed by atoms with Crippen LogP contribution in [-0.2, 0) is 11.2 Å². The summed E-state index contributed by atoms with van der Waals surface area (Å²) in [6.45, 7) is 1.54. The van der Waals surface area contributed by atoms with Gasteiger partial charge < -0.3 is 4.42 Å². The predicted octanol–water partition coefficient (Wildman–Crippen LogP) is 2.17. The van der Waals surface area contributed by atoms with E-state index in [1.54, 1.807) is 12.1 Å². The number of ketones is 1. The van der Waals surface area contributed by atoms with Gasteiger partial charge in [0.1, 0.15) is 11.5 Å². The topological polar surface area (TPSA) is 30.2 Å². The molecule has 0 unspecified atom stereocenters. The number of hydrogen-bond acceptors (Lipinski definition) is 2. The molecule has 1 aromatic rings. The van der Waals surface area contributed by atoms with Gasteiger partial charge in [-0.15, -0.1) is 0 Å². The quantitative estimate of drug-likeness (QED) is 0.737. The third kappa shape index (κ3) is 1.99. The highest BCUT2D eigenvalue weighted by Crippen LogP contribution is 2.14. The Hall–Kier alpha value is -0.570. The molecule has 3 heteroatoms. The lowest BCUT2D eigenvalue weighted by atomic mass is 10.2. The van der Waals surface area contributed by atoms with Gasteiger partial charge in [0.15, 0.2) is 4.67 Å². The van der Waals surface area contributed by atoms with E-state index in [4.69, 9.17) is 4.42 Å². The summed E-state index contributed by atoms with van der Waals surface area (Å²) >= 11 is 3.14. The van der Waals surface area contributed by atoms with E-state index in [1.807, 2.05) is 0 Å². The Balaban J connectivity index is 2.67. The normalized spacial score (nSPS) is 9.80. The molecule has 0 N–H and O–H groups in total. The number of carbonyl (C=O) groups excluding carboxylic acids is 1. The van der Waals surface area contributed by atoms with Crippen LogP contribution in [0, 0.1) is 0 Å². The van der Waals surface area contributed by atoms with Gasteiger partial charge in [0.2, 0.25) is 0 Å². The van der Waals surface area contributed by atoms with Gasteiger partial charge in [-0.1, -0.05) is 0 Å². The molecule has 0 aliphatic carbocycles. The van der Waals surface area contributed by atoms with Crippen molar-refractivity contribution < 1.29 is 9.21 Å². The molecular weight excluding hydrogens is 196 g/mol. The van der Waals surface area contributed by atoms with E-state index in [0.717, 1.165) is 0 Å². The van der Waals surface area contributed by atoms with Crippen LogP contribution in [0.5, 0.6) is 0 Å². The average Bonchev–Trinajstić information content (AvgIpc) is 2.13. The average molecular weight is 203 g/mol. The largest absolute Gasteiger partial charge is 0.454 e. The summed E-state index contributed by atoms with van der Waals surface area (Å²) in [7, 11) is 0. The molecule has 0 aliphatic rings. The molecule has 0 amide bonds. The zero-order valence-electron chi connectivity index (χ0n) is 5.56. The Labute approximate surface area is 67.3 Å². The summed E-state index contributed by atoms with van der Waals surface area (Å²) in [5.74, 6) is 0.821. The van der Waals surface area contributed by atoms with Crippen LogP contribution in [0.2, 0.25) is 0 Å². The summed E-state index contributed by atoms with van der Waals surface area (Å²) in [6.07, 6.45) is 0.381. The zero-order chi connectivity index (χ0) is 7.56. The highest BCUT2D eigenvalue weighted by Gasteiger charge is 2.01. The third-order valence-corrected chi connectivity index (χ3v) is 1.48. The molecule has 1 aromatic heterocycles. The Morgan fingerprint density at radius 1 is 1.70 bits per heavy atom. The highest BCUT2D eigenvalue weighted by atomic mass is 79.9. The van der Waals surface area contributed by atoms with Crippen LogP contribution in [0.25, 0.3) is 0 Å². The number of rotatable bonds is 2. The molecule has 0 saturated carbocycles. The van der Waals surface area contributed by atoms with Gasteiger partial charge >= 0.3 is 0 Å². The lowest BCUT2D eigenvalue weighted by molar-refractivity contribution is -0.116. The first-order chi connectivity index (χ1) is 4.68. The molecule has 1 rings (SSSR count). The van der Waals surface area contributed by atoms with Crippen molar-refractivity contribution in [3.63, 3.8) is 0 Å². The minimum Gasteiger partial charge on any atom is -0.454 e. The minimum atomic E-state index is 0.113. The van der Waals surface area contributed by atoms with Crippen LogP contribution < -0.4 is 0 Å². The van der Waals surface area contributed by atoms with E-state index in [1.165, 1.54) is 6.92 Å². The summed E-state index contributed by atoms with van der Waals surface area (Å²) in [5, 5.41) is 0. The van der Waals surface area contributed by atoms with Gasteiger partial charge in [-0.25, -0.2) is 0 Å². The smallest absolute Gasteiger partial charge is 0.169 e. The zero-order valence-corrected chi connectivity index (χ0v) is 7.14. The van der Waals surface area contributed by atoms with Gasteiger partial charge in [0.25, 0.3) is 0 Å². The Morgan fingerprint density at radius 2 is 2.40 bits per heavy atom. The van der Waals surface area contributed by atoms with Crippen molar-refractivity contribution in [1.29, 1.82) is 0 Å². The van der Waals surface area contributed by atoms with Crippen molar-refractivity contribution >= 4 is 21.7 Å². The first kappa shape index (κ1) is 7.54. The molecule has 0 fully saturated rings. The van der Waals surface area contributed by atoms with Crippen LogP contribution >= 0.6 is 15.9 Å². The molecule has 54 valence electrons. The van der Waals surface area contributed by atoms with Gasteiger partial charge in [0, 0.05) is 0 Å². The fraction of sp³-hybridized carbons (Fsp3) is 0.286. The molecule has 0 aliphatic heterocycles. The SMILES string of the molecule is CC(=O)Cc1ccc(Br)o1. The fourth-order valence-corrected chi connectivity index (χ4v) is 1.03. The van der Waals surface area contributed by atoms with E-state index in [9.17, 15) is 4.79 Å². The van der Waals surface area contributed by atoms with Crippen molar-refractivity contribution in [1.82, 2.24) is 0 Å². The molecule has 0 bridgehead atoms. The summed E-state index contributed by atoms with van der Waals surface area (Å²) in [4.78, 5) is 10.5. The molecule has 0 spiro atoms. The number of halogens is 1. The van der Waals surface area contributed by atoms with E-state index in [0.29, 0.717) is 16.9 Å². The maximum Gasteiger partial charge on any atom is 0.169 e. The van der Waals surface area contributed by atoms with Crippen molar-refractivity contribution in [2.45, 2.75) is 13.3 Å². The van der Waals surface area contributed by atoms with Crippen molar-refractivity contribution in [2.24, 2.45) is 0 Å². The molecule has 0 radical (unpaired) electrons. The molecule has 0 aromatic carbocycles. The highest BCUT2D eigenvalue weighted by molar-refractivity contribution is 9.10. The van der Waals surface area contributed by atoms with E-state index >= 15 is 0 Å². The van der Waals surface area contributed by atoms with Gasteiger partial charge in [-0.05, 0) is 35.0 Å². The van der Waals surface area contributed by atoms with Crippen molar-refractivity contribution in [3.8, 4) is 0 Å². The minimum absolute atomic E-state index is 0.113. The second-order valence-corrected chi connectivity index (χ2v) is 2.87. The summed E-state index contributed by atoms with van der Waals surface area (Å²) in [5.41, 5.74) is 0. The van der Waals surface area contributed by atoms with E-state index in [-0.39, 0.29) is 5.78 Å². The Kier molecular flexibility index (Phi) is 2.27. The van der Waals surface area contributed by atoms with Crippen LogP contribution in [0.1, 0.15) is 12.7 Å². The van der Waals surface area contributed by atoms with Crippen LogP contribution in [0.4, 0.5) is 0 Å². The predicted molar refractivity (Wildman–Crippen MR) is 40.8 cm³/mol.